The van der Waals surface area contributed by atoms with Gasteiger partial charge in [-0.05, 0) is 67.9 Å². The number of hydrogen-bond donors (Lipinski definition) is 0. The maximum atomic E-state index is 13.1. The average molecular weight is 469 g/mol. The summed E-state index contributed by atoms with van der Waals surface area (Å²) < 4.78 is 26.0. The van der Waals surface area contributed by atoms with Gasteiger partial charge in [0, 0.05) is 50.5 Å². The van der Waals surface area contributed by atoms with E-state index >= 15 is 0 Å². The van der Waals surface area contributed by atoms with Crippen molar-refractivity contribution in [1.82, 2.24) is 14.2 Å². The lowest BCUT2D eigenvalue weighted by atomic mass is 10.0. The van der Waals surface area contributed by atoms with E-state index < -0.39 is 10.0 Å². The molecular formula is C25H32N4O3S. The number of amides is 1. The summed E-state index contributed by atoms with van der Waals surface area (Å²) in [7, 11) is -3.16. The third-order valence-electron chi connectivity index (χ3n) is 7.20. The van der Waals surface area contributed by atoms with E-state index in [2.05, 4.69) is 17.9 Å². The smallest absolute Gasteiger partial charge is 0.253 e. The molecule has 0 unspecified atom stereocenters. The van der Waals surface area contributed by atoms with Crippen LogP contribution < -0.4 is 4.90 Å². The van der Waals surface area contributed by atoms with E-state index in [1.54, 1.807) is 4.31 Å². The molecule has 1 aromatic heterocycles. The zero-order valence-corrected chi connectivity index (χ0v) is 20.2. The SMILES string of the molecule is Cc1cc(C2CC2)cnc1N1CCN(C(=O)c2ccc([C@H](C)N3CCCS3(=O)=O)cc2)CC1. The van der Waals surface area contributed by atoms with Crippen LogP contribution >= 0.6 is 0 Å². The molecule has 33 heavy (non-hydrogen) atoms. The number of benzene rings is 1. The maximum absolute atomic E-state index is 13.1. The van der Waals surface area contributed by atoms with Crippen molar-refractivity contribution in [3.05, 3.63) is 58.8 Å². The van der Waals surface area contributed by atoms with Gasteiger partial charge in [-0.15, -0.1) is 0 Å². The number of pyridine rings is 1. The monoisotopic (exact) mass is 468 g/mol. The molecule has 3 fully saturated rings. The van der Waals surface area contributed by atoms with Crippen LogP contribution in [0.4, 0.5) is 5.82 Å². The molecule has 1 amide bonds. The Morgan fingerprint density at radius 2 is 1.76 bits per heavy atom. The molecule has 5 rings (SSSR count). The van der Waals surface area contributed by atoms with Crippen LogP contribution in [0, 0.1) is 6.92 Å². The van der Waals surface area contributed by atoms with E-state index in [0.29, 0.717) is 37.5 Å². The van der Waals surface area contributed by atoms with Crippen molar-refractivity contribution in [2.45, 2.75) is 45.1 Å². The second kappa shape index (κ2) is 8.72. The Morgan fingerprint density at radius 1 is 1.06 bits per heavy atom. The Hall–Kier alpha value is -2.45. The molecule has 0 spiro atoms. The number of hydrogen-bond acceptors (Lipinski definition) is 5. The zero-order valence-electron chi connectivity index (χ0n) is 19.4. The molecule has 2 aliphatic heterocycles. The molecule has 3 aliphatic rings. The van der Waals surface area contributed by atoms with Gasteiger partial charge in [0.1, 0.15) is 5.82 Å². The second-order valence-electron chi connectivity index (χ2n) is 9.54. The summed E-state index contributed by atoms with van der Waals surface area (Å²) in [6.07, 6.45) is 5.25. The van der Waals surface area contributed by atoms with E-state index in [1.165, 1.54) is 24.0 Å². The number of carbonyl (C=O) groups is 1. The fourth-order valence-corrected chi connectivity index (χ4v) is 6.77. The van der Waals surface area contributed by atoms with Gasteiger partial charge in [0.25, 0.3) is 5.91 Å². The van der Waals surface area contributed by atoms with Crippen molar-refractivity contribution in [3.8, 4) is 0 Å². The van der Waals surface area contributed by atoms with Gasteiger partial charge in [-0.1, -0.05) is 18.2 Å². The Labute approximate surface area is 196 Å². The van der Waals surface area contributed by atoms with Gasteiger partial charge in [0.05, 0.1) is 5.75 Å². The van der Waals surface area contributed by atoms with Gasteiger partial charge in [0.2, 0.25) is 10.0 Å². The first-order chi connectivity index (χ1) is 15.8. The third kappa shape index (κ3) is 4.51. The number of sulfonamides is 1. The van der Waals surface area contributed by atoms with E-state index in [-0.39, 0.29) is 17.7 Å². The van der Waals surface area contributed by atoms with Gasteiger partial charge in [-0.2, -0.15) is 4.31 Å². The highest BCUT2D eigenvalue weighted by Crippen LogP contribution is 2.40. The summed E-state index contributed by atoms with van der Waals surface area (Å²) in [5.74, 6) is 1.98. The lowest BCUT2D eigenvalue weighted by molar-refractivity contribution is 0.0746. The van der Waals surface area contributed by atoms with Crippen LogP contribution in [0.2, 0.25) is 0 Å². The first kappa shape index (κ1) is 22.3. The maximum Gasteiger partial charge on any atom is 0.253 e. The predicted molar refractivity (Wildman–Crippen MR) is 129 cm³/mol. The fraction of sp³-hybridized carbons (Fsp3) is 0.520. The summed E-state index contributed by atoms with van der Waals surface area (Å²) >= 11 is 0. The van der Waals surface area contributed by atoms with Crippen LogP contribution in [-0.4, -0.2) is 67.0 Å². The highest BCUT2D eigenvalue weighted by atomic mass is 32.2. The molecule has 7 nitrogen and oxygen atoms in total. The molecule has 0 radical (unpaired) electrons. The third-order valence-corrected chi connectivity index (χ3v) is 9.22. The number of nitrogens with zero attached hydrogens (tertiary/aromatic N) is 4. The second-order valence-corrected chi connectivity index (χ2v) is 11.6. The van der Waals surface area contributed by atoms with Crippen LogP contribution in [0.15, 0.2) is 36.5 Å². The Kier molecular flexibility index (Phi) is 5.91. The minimum Gasteiger partial charge on any atom is -0.353 e. The highest BCUT2D eigenvalue weighted by Gasteiger charge is 2.33. The summed E-state index contributed by atoms with van der Waals surface area (Å²) in [5.41, 5.74) is 4.12. The predicted octanol–water partition coefficient (Wildman–Crippen LogP) is 3.33. The average Bonchev–Trinajstić information content (AvgIpc) is 3.61. The molecule has 0 bridgehead atoms. The standard InChI is InChI=1S/C25H32N4O3S/c1-18-16-23(21-6-7-21)17-26-24(18)27-11-13-28(14-12-27)25(30)22-8-4-20(5-9-22)19(2)29-10-3-15-33(29,31)32/h4-5,8-9,16-17,19,21H,3,6-7,10-15H2,1-2H3/t19-/m0/s1. The Bertz CT molecular complexity index is 1140. The van der Waals surface area contributed by atoms with Crippen molar-refractivity contribution >= 4 is 21.7 Å². The number of piperazine rings is 1. The number of aryl methyl sites for hydroxylation is 1. The van der Waals surface area contributed by atoms with Gasteiger partial charge in [-0.3, -0.25) is 4.79 Å². The van der Waals surface area contributed by atoms with Crippen LogP contribution in [0.1, 0.15) is 65.2 Å². The van der Waals surface area contributed by atoms with Crippen molar-refractivity contribution in [3.63, 3.8) is 0 Å². The van der Waals surface area contributed by atoms with Crippen LogP contribution in [0.3, 0.4) is 0 Å². The van der Waals surface area contributed by atoms with Crippen LogP contribution in [0.5, 0.6) is 0 Å². The Balaban J connectivity index is 1.20. The van der Waals surface area contributed by atoms with Crippen molar-refractivity contribution < 1.29 is 13.2 Å². The lowest BCUT2D eigenvalue weighted by Gasteiger charge is -2.36. The summed E-state index contributed by atoms with van der Waals surface area (Å²) in [5, 5.41) is 0. The molecule has 1 saturated carbocycles. The lowest BCUT2D eigenvalue weighted by Crippen LogP contribution is -2.49. The van der Waals surface area contributed by atoms with Gasteiger partial charge < -0.3 is 9.80 Å². The number of aromatic nitrogens is 1. The normalized spacial score (nSPS) is 21.9. The fourth-order valence-electron chi connectivity index (χ4n) is 5.03. The first-order valence-electron chi connectivity index (χ1n) is 11.9. The zero-order chi connectivity index (χ0) is 23.2. The van der Waals surface area contributed by atoms with Gasteiger partial charge in [0.15, 0.2) is 0 Å². The molecule has 0 N–H and O–H groups in total. The highest BCUT2D eigenvalue weighted by molar-refractivity contribution is 7.89. The molecular weight excluding hydrogens is 436 g/mol. The van der Waals surface area contributed by atoms with Crippen molar-refractivity contribution in [2.75, 3.05) is 43.4 Å². The van der Waals surface area contributed by atoms with E-state index in [9.17, 15) is 13.2 Å². The van der Waals surface area contributed by atoms with Gasteiger partial charge >= 0.3 is 0 Å². The van der Waals surface area contributed by atoms with Crippen LogP contribution in [-0.2, 0) is 10.0 Å². The van der Waals surface area contributed by atoms with Crippen molar-refractivity contribution in [1.29, 1.82) is 0 Å². The summed E-state index contributed by atoms with van der Waals surface area (Å²) in [6.45, 7) is 7.46. The van der Waals surface area contributed by atoms with Crippen LogP contribution in [0.25, 0.3) is 0 Å². The first-order valence-corrected chi connectivity index (χ1v) is 13.5. The molecule has 2 aromatic rings. The minimum absolute atomic E-state index is 0.0245. The van der Waals surface area contributed by atoms with Crippen molar-refractivity contribution in [2.24, 2.45) is 0 Å². The molecule has 3 heterocycles. The number of rotatable bonds is 5. The molecule has 176 valence electrons. The topological polar surface area (TPSA) is 73.8 Å². The van der Waals surface area contributed by atoms with E-state index in [4.69, 9.17) is 4.98 Å². The summed E-state index contributed by atoms with van der Waals surface area (Å²) in [6, 6.07) is 9.48. The Morgan fingerprint density at radius 3 is 2.33 bits per heavy atom. The molecule has 1 aromatic carbocycles. The molecule has 2 saturated heterocycles. The van der Waals surface area contributed by atoms with E-state index in [1.807, 2.05) is 42.3 Å². The largest absolute Gasteiger partial charge is 0.353 e. The van der Waals surface area contributed by atoms with Gasteiger partial charge in [-0.25, -0.2) is 13.4 Å². The molecule has 8 heteroatoms. The molecule has 1 atom stereocenters. The number of carbonyl (C=O) groups excluding carboxylic acids is 1. The quantitative estimate of drug-likeness (QED) is 0.673. The van der Waals surface area contributed by atoms with E-state index in [0.717, 1.165) is 24.5 Å². The minimum atomic E-state index is -3.16. The summed E-state index contributed by atoms with van der Waals surface area (Å²) in [4.78, 5) is 22.0. The number of anilines is 1. The molecule has 1 aliphatic carbocycles.